The van der Waals surface area contributed by atoms with E-state index in [1.807, 2.05) is 24.3 Å². The summed E-state index contributed by atoms with van der Waals surface area (Å²) in [5, 5.41) is 19.4. The first kappa shape index (κ1) is 26.8. The number of nitrogens with zero attached hydrogens (tertiary/aromatic N) is 1. The number of nitrogen functional groups attached to an aromatic ring is 1. The number of fused-ring (bicyclic) bond motifs is 1. The number of amides is 2. The summed E-state index contributed by atoms with van der Waals surface area (Å²) < 4.78 is 11.6. The number of methoxy groups -OCH3 is 1. The predicted octanol–water partition coefficient (Wildman–Crippen LogP) is 6.51. The normalized spacial score (nSPS) is 10.7. The highest BCUT2D eigenvalue weighted by molar-refractivity contribution is 6.02. The number of hydrogen-bond acceptors (Lipinski definition) is 5. The molecule has 0 radical (unpaired) electrons. The molecule has 5 rings (SSSR count). The zero-order valence-corrected chi connectivity index (χ0v) is 22.0. The molecule has 5 aromatic rings. The van der Waals surface area contributed by atoms with E-state index in [0.717, 1.165) is 10.8 Å². The molecule has 5 aromatic carbocycles. The number of primary amides is 1. The molecule has 0 saturated heterocycles. The van der Waals surface area contributed by atoms with Crippen LogP contribution < -0.4 is 25.8 Å². The molecule has 0 unspecified atom stereocenters. The van der Waals surface area contributed by atoms with Crippen LogP contribution in [0.5, 0.6) is 17.2 Å². The van der Waals surface area contributed by atoms with Gasteiger partial charge in [0.15, 0.2) is 0 Å². The highest BCUT2D eigenvalue weighted by Crippen LogP contribution is 2.40. The maximum atomic E-state index is 12.7. The Bertz CT molecular complexity index is 1820. The van der Waals surface area contributed by atoms with Crippen LogP contribution in [0.25, 0.3) is 21.9 Å². The summed E-state index contributed by atoms with van der Waals surface area (Å²) in [6.07, 6.45) is 0. The number of carbonyl (C=O) groups excluding carboxylic acids is 1. The Kier molecular flexibility index (Phi) is 7.25. The van der Waals surface area contributed by atoms with Crippen LogP contribution in [0.4, 0.5) is 16.2 Å². The third-order valence-electron chi connectivity index (χ3n) is 6.55. The number of carboxylic acid groups (broad SMARTS) is 1. The van der Waals surface area contributed by atoms with Crippen LogP contribution in [0.1, 0.15) is 15.9 Å². The first-order chi connectivity index (χ1) is 19.7. The van der Waals surface area contributed by atoms with Crippen molar-refractivity contribution in [2.75, 3.05) is 12.0 Å². The molecule has 0 spiro atoms. The molecule has 0 aliphatic carbocycles. The van der Waals surface area contributed by atoms with E-state index in [0.29, 0.717) is 45.3 Å². The lowest BCUT2D eigenvalue weighted by Crippen LogP contribution is -2.31. The Labute approximate surface area is 235 Å². The Hall–Kier alpha value is -5.83. The number of nitrogens with one attached hydrogen (secondary N) is 1. The van der Waals surface area contributed by atoms with Gasteiger partial charge >= 0.3 is 12.0 Å². The van der Waals surface area contributed by atoms with Crippen LogP contribution in [0.2, 0.25) is 0 Å². The average molecular weight is 547 g/mol. The molecule has 0 aliphatic heterocycles. The summed E-state index contributed by atoms with van der Waals surface area (Å²) in [5.74, 6) is 0.292. The molecule has 0 aromatic heterocycles. The van der Waals surface area contributed by atoms with Gasteiger partial charge in [-0.2, -0.15) is 0 Å². The number of urea groups is 1. The van der Waals surface area contributed by atoms with Gasteiger partial charge in [0.05, 0.1) is 24.0 Å². The van der Waals surface area contributed by atoms with E-state index in [9.17, 15) is 14.7 Å². The van der Waals surface area contributed by atoms with Gasteiger partial charge in [0.2, 0.25) is 0 Å². The number of carboxylic acids is 1. The van der Waals surface area contributed by atoms with Crippen molar-refractivity contribution < 1.29 is 24.2 Å². The molecule has 0 heterocycles. The molecule has 0 bridgehead atoms. The van der Waals surface area contributed by atoms with Gasteiger partial charge in [-0.15, -0.1) is 0 Å². The van der Waals surface area contributed by atoms with Crippen molar-refractivity contribution in [3.63, 3.8) is 0 Å². The summed E-state index contributed by atoms with van der Waals surface area (Å²) in [6.45, 7) is 0. The number of carbonyl (C=O) groups is 2. The van der Waals surface area contributed by atoms with Crippen molar-refractivity contribution >= 4 is 40.0 Å². The van der Waals surface area contributed by atoms with E-state index < -0.39 is 12.0 Å². The zero-order valence-electron chi connectivity index (χ0n) is 22.0. The number of nitrogens with two attached hydrogens (primary N) is 2. The van der Waals surface area contributed by atoms with Crippen molar-refractivity contribution in [2.45, 2.75) is 0 Å². The van der Waals surface area contributed by atoms with E-state index in [1.165, 1.54) is 18.1 Å². The number of amidine groups is 1. The van der Waals surface area contributed by atoms with Gasteiger partial charge < -0.3 is 26.0 Å². The predicted molar refractivity (Wildman–Crippen MR) is 159 cm³/mol. The lowest BCUT2D eigenvalue weighted by atomic mass is 9.98. The van der Waals surface area contributed by atoms with Crippen LogP contribution >= 0.6 is 0 Å². The van der Waals surface area contributed by atoms with Crippen LogP contribution in [0.3, 0.4) is 0 Å². The molecule has 0 aliphatic rings. The van der Waals surface area contributed by atoms with E-state index in [4.69, 9.17) is 26.4 Å². The van der Waals surface area contributed by atoms with E-state index >= 15 is 0 Å². The molecule has 6 N–H and O–H groups in total. The van der Waals surface area contributed by atoms with Gasteiger partial charge in [-0.25, -0.2) is 9.59 Å². The topological polar surface area (TPSA) is 152 Å². The number of ether oxygens (including phenoxy) is 2. The Morgan fingerprint density at radius 1 is 0.756 bits per heavy atom. The third kappa shape index (κ3) is 5.50. The number of rotatable bonds is 8. The number of benzene rings is 5. The van der Waals surface area contributed by atoms with Gasteiger partial charge in [-0.3, -0.25) is 10.3 Å². The Morgan fingerprint density at radius 2 is 1.49 bits per heavy atom. The monoisotopic (exact) mass is 546 g/mol. The Morgan fingerprint density at radius 3 is 2.22 bits per heavy atom. The lowest BCUT2D eigenvalue weighted by molar-refractivity contribution is 0.0697. The van der Waals surface area contributed by atoms with Gasteiger partial charge in [0, 0.05) is 17.2 Å². The maximum Gasteiger partial charge on any atom is 0.336 e. The van der Waals surface area contributed by atoms with Crippen molar-refractivity contribution in [1.29, 1.82) is 5.41 Å². The first-order valence-electron chi connectivity index (χ1n) is 12.5. The molecule has 41 heavy (non-hydrogen) atoms. The second-order valence-corrected chi connectivity index (χ2v) is 9.15. The number of anilines is 2. The number of aromatic carboxylic acids is 1. The summed E-state index contributed by atoms with van der Waals surface area (Å²) in [5.41, 5.74) is 13.8. The quantitative estimate of drug-likeness (QED) is 0.129. The molecule has 0 saturated carbocycles. The maximum absolute atomic E-state index is 12.7. The number of hydrogen-bond donors (Lipinski definition) is 4. The minimum Gasteiger partial charge on any atom is -0.497 e. The molecule has 9 nitrogen and oxygen atoms in total. The molecular weight excluding hydrogens is 520 g/mol. The van der Waals surface area contributed by atoms with E-state index in [-0.39, 0.29) is 11.4 Å². The largest absolute Gasteiger partial charge is 0.497 e. The second-order valence-electron chi connectivity index (χ2n) is 9.15. The SMILES string of the molecule is COc1cccc(N(C(N)=O)c2ccc(Oc3ccc4cc(C(=N)N)ccc4c3)c(-c3ccccc3C(=O)O)c2)c1. The van der Waals surface area contributed by atoms with Crippen molar-refractivity contribution in [3.05, 3.63) is 114 Å². The fourth-order valence-electron chi connectivity index (χ4n) is 4.60. The summed E-state index contributed by atoms with van der Waals surface area (Å²) in [6, 6.07) is 28.6. The van der Waals surface area contributed by atoms with Crippen LogP contribution in [-0.4, -0.2) is 30.1 Å². The summed E-state index contributed by atoms with van der Waals surface area (Å²) >= 11 is 0. The fraction of sp³-hybridized carbons (Fsp3) is 0.0312. The minimum atomic E-state index is -1.11. The second kappa shape index (κ2) is 11.1. The van der Waals surface area contributed by atoms with E-state index in [2.05, 4.69) is 0 Å². The lowest BCUT2D eigenvalue weighted by Gasteiger charge is -2.23. The van der Waals surface area contributed by atoms with Gasteiger partial charge in [0.1, 0.15) is 23.1 Å². The summed E-state index contributed by atoms with van der Waals surface area (Å²) in [4.78, 5) is 26.1. The standard InChI is InChI=1S/C32H26N4O5/c1-40-24-6-4-5-22(17-24)36(32(35)39)23-12-14-29(28(18-23)26-7-2-3-8-27(26)31(37)38)41-25-13-11-19-15-21(30(33)34)10-9-20(19)16-25/h2-18H,1H3,(H3,33,34)(H2,35,39)(H,37,38). The molecular formula is C32H26N4O5. The van der Waals surface area contributed by atoms with Gasteiger partial charge in [-0.05, 0) is 70.9 Å². The summed E-state index contributed by atoms with van der Waals surface area (Å²) in [7, 11) is 1.52. The average Bonchev–Trinajstić information content (AvgIpc) is 2.97. The van der Waals surface area contributed by atoms with Crippen LogP contribution in [0.15, 0.2) is 103 Å². The van der Waals surface area contributed by atoms with Crippen molar-refractivity contribution in [1.82, 2.24) is 0 Å². The fourth-order valence-corrected chi connectivity index (χ4v) is 4.60. The molecule has 0 fully saturated rings. The smallest absolute Gasteiger partial charge is 0.336 e. The van der Waals surface area contributed by atoms with Gasteiger partial charge in [-0.1, -0.05) is 42.5 Å². The Balaban J connectivity index is 1.64. The molecule has 2 amide bonds. The van der Waals surface area contributed by atoms with Gasteiger partial charge in [0.25, 0.3) is 0 Å². The zero-order chi connectivity index (χ0) is 29.1. The van der Waals surface area contributed by atoms with Crippen LogP contribution in [-0.2, 0) is 0 Å². The first-order valence-corrected chi connectivity index (χ1v) is 12.5. The van der Waals surface area contributed by atoms with Crippen molar-refractivity contribution in [2.24, 2.45) is 11.5 Å². The van der Waals surface area contributed by atoms with Crippen molar-refractivity contribution in [3.8, 4) is 28.4 Å². The highest BCUT2D eigenvalue weighted by Gasteiger charge is 2.21. The molecule has 0 atom stereocenters. The van der Waals surface area contributed by atoms with E-state index in [1.54, 1.807) is 72.8 Å². The molecule has 9 heteroatoms. The third-order valence-corrected chi connectivity index (χ3v) is 6.55. The minimum absolute atomic E-state index is 0.0204. The highest BCUT2D eigenvalue weighted by atomic mass is 16.5. The molecule has 204 valence electrons. The van der Waals surface area contributed by atoms with Crippen LogP contribution in [0, 0.1) is 5.41 Å².